The Morgan fingerprint density at radius 3 is 2.41 bits per heavy atom. The number of rotatable bonds is 3. The van der Waals surface area contributed by atoms with Gasteiger partial charge in [0.15, 0.2) is 0 Å². The van der Waals surface area contributed by atoms with Gasteiger partial charge < -0.3 is 10.0 Å². The van der Waals surface area contributed by atoms with Gasteiger partial charge in [-0.25, -0.2) is 0 Å². The van der Waals surface area contributed by atoms with Gasteiger partial charge in [-0.05, 0) is 30.5 Å². The first-order valence-electron chi connectivity index (χ1n) is 5.68. The topological polar surface area (TPSA) is 40.5 Å². The van der Waals surface area contributed by atoms with E-state index in [9.17, 15) is 9.90 Å². The van der Waals surface area contributed by atoms with E-state index in [1.165, 1.54) is 0 Å². The first-order valence-corrected chi connectivity index (χ1v) is 6.06. The van der Waals surface area contributed by atoms with Crippen LogP contribution in [0.25, 0.3) is 0 Å². The van der Waals surface area contributed by atoms with Crippen LogP contribution in [-0.2, 0) is 10.2 Å². The monoisotopic (exact) mass is 253 g/mol. The summed E-state index contributed by atoms with van der Waals surface area (Å²) >= 11 is 6.18. The maximum absolute atomic E-state index is 11.4. The summed E-state index contributed by atoms with van der Waals surface area (Å²) in [6.45, 7) is 0. The lowest BCUT2D eigenvalue weighted by Gasteiger charge is -2.38. The van der Waals surface area contributed by atoms with Crippen molar-refractivity contribution >= 4 is 23.3 Å². The number of carbonyl (C=O) groups is 1. The van der Waals surface area contributed by atoms with Gasteiger partial charge in [0.05, 0.1) is 16.1 Å². The summed E-state index contributed by atoms with van der Waals surface area (Å²) in [4.78, 5) is 13.3. The average molecular weight is 254 g/mol. The van der Waals surface area contributed by atoms with Crippen molar-refractivity contribution in [2.45, 2.75) is 24.7 Å². The molecule has 1 N–H and O–H groups in total. The van der Waals surface area contributed by atoms with Crippen molar-refractivity contribution in [1.82, 2.24) is 0 Å². The Balaban J connectivity index is 2.41. The van der Waals surface area contributed by atoms with Crippen LogP contribution in [0.2, 0.25) is 5.02 Å². The molecule has 1 aromatic rings. The number of halogens is 1. The first-order chi connectivity index (χ1) is 7.97. The van der Waals surface area contributed by atoms with E-state index in [1.54, 1.807) is 6.07 Å². The fourth-order valence-corrected chi connectivity index (χ4v) is 2.67. The SMILES string of the molecule is CN(C)c1ccc(C2(C(=O)O)CCC2)cc1Cl. The molecule has 92 valence electrons. The van der Waals surface area contributed by atoms with Gasteiger partial charge in [0, 0.05) is 14.1 Å². The van der Waals surface area contributed by atoms with Crippen LogP contribution in [0, 0.1) is 0 Å². The van der Waals surface area contributed by atoms with Crippen LogP contribution in [-0.4, -0.2) is 25.2 Å². The minimum absolute atomic E-state index is 0.611. The Morgan fingerprint density at radius 1 is 1.41 bits per heavy atom. The van der Waals surface area contributed by atoms with Crippen LogP contribution in [0.4, 0.5) is 5.69 Å². The molecule has 1 aromatic carbocycles. The molecule has 1 aliphatic carbocycles. The summed E-state index contributed by atoms with van der Waals surface area (Å²) < 4.78 is 0. The molecule has 0 saturated heterocycles. The Bertz CT molecular complexity index is 453. The van der Waals surface area contributed by atoms with E-state index in [-0.39, 0.29) is 0 Å². The molecule has 0 atom stereocenters. The van der Waals surface area contributed by atoms with Crippen LogP contribution >= 0.6 is 11.6 Å². The summed E-state index contributed by atoms with van der Waals surface area (Å²) in [5, 5.41) is 9.96. The highest BCUT2D eigenvalue weighted by atomic mass is 35.5. The Kier molecular flexibility index (Phi) is 3.04. The van der Waals surface area contributed by atoms with Crippen molar-refractivity contribution in [1.29, 1.82) is 0 Å². The first kappa shape index (κ1) is 12.2. The summed E-state index contributed by atoms with van der Waals surface area (Å²) in [6, 6.07) is 5.57. The number of benzene rings is 1. The number of carboxylic acids is 1. The van der Waals surface area contributed by atoms with E-state index in [0.29, 0.717) is 17.9 Å². The van der Waals surface area contributed by atoms with Crippen molar-refractivity contribution in [3.63, 3.8) is 0 Å². The van der Waals surface area contributed by atoms with Gasteiger partial charge in [0.1, 0.15) is 0 Å². The fraction of sp³-hybridized carbons (Fsp3) is 0.462. The van der Waals surface area contributed by atoms with Gasteiger partial charge in [0.25, 0.3) is 0 Å². The van der Waals surface area contributed by atoms with E-state index in [4.69, 9.17) is 11.6 Å². The number of anilines is 1. The van der Waals surface area contributed by atoms with Gasteiger partial charge in [-0.1, -0.05) is 24.1 Å². The molecule has 0 bridgehead atoms. The van der Waals surface area contributed by atoms with E-state index in [2.05, 4.69) is 0 Å². The van der Waals surface area contributed by atoms with Gasteiger partial charge >= 0.3 is 5.97 Å². The molecule has 2 rings (SSSR count). The zero-order valence-corrected chi connectivity index (χ0v) is 10.8. The summed E-state index contributed by atoms with van der Waals surface area (Å²) in [5.41, 5.74) is 1.04. The molecule has 0 radical (unpaired) electrons. The third-order valence-corrected chi connectivity index (χ3v) is 3.90. The quantitative estimate of drug-likeness (QED) is 0.901. The highest BCUT2D eigenvalue weighted by Crippen LogP contribution is 2.45. The molecule has 1 aliphatic rings. The summed E-state index contributed by atoms with van der Waals surface area (Å²) in [5.74, 6) is -0.739. The highest BCUT2D eigenvalue weighted by Gasteiger charge is 2.46. The fourth-order valence-electron chi connectivity index (χ4n) is 2.32. The second kappa shape index (κ2) is 4.22. The summed E-state index contributed by atoms with van der Waals surface area (Å²) in [7, 11) is 3.83. The number of hydrogen-bond donors (Lipinski definition) is 1. The van der Waals surface area contributed by atoms with Crippen molar-refractivity contribution < 1.29 is 9.90 Å². The normalized spacial score (nSPS) is 17.4. The third-order valence-electron chi connectivity index (χ3n) is 3.60. The number of carboxylic acid groups (broad SMARTS) is 1. The molecular formula is C13H16ClNO2. The molecule has 3 nitrogen and oxygen atoms in total. The molecule has 0 spiro atoms. The number of aliphatic carboxylic acids is 1. The Morgan fingerprint density at radius 2 is 2.06 bits per heavy atom. The van der Waals surface area contributed by atoms with E-state index >= 15 is 0 Å². The van der Waals surface area contributed by atoms with Crippen LogP contribution in [0.1, 0.15) is 24.8 Å². The van der Waals surface area contributed by atoms with Gasteiger partial charge in [-0.2, -0.15) is 0 Å². The van der Waals surface area contributed by atoms with Crippen LogP contribution in [0.3, 0.4) is 0 Å². The van der Waals surface area contributed by atoms with Crippen molar-refractivity contribution in [2.24, 2.45) is 0 Å². The maximum atomic E-state index is 11.4. The van der Waals surface area contributed by atoms with E-state index in [1.807, 2.05) is 31.1 Å². The Labute approximate surface area is 106 Å². The molecule has 0 unspecified atom stereocenters. The van der Waals surface area contributed by atoms with Crippen molar-refractivity contribution in [3.8, 4) is 0 Å². The lowest BCUT2D eigenvalue weighted by Crippen LogP contribution is -2.42. The largest absolute Gasteiger partial charge is 0.481 e. The predicted octanol–water partition coefficient (Wildman–Crippen LogP) is 2.91. The molecule has 0 amide bonds. The van der Waals surface area contributed by atoms with Crippen LogP contribution in [0.5, 0.6) is 0 Å². The molecule has 17 heavy (non-hydrogen) atoms. The molecule has 1 saturated carbocycles. The average Bonchev–Trinajstić information content (AvgIpc) is 2.14. The van der Waals surface area contributed by atoms with Crippen molar-refractivity contribution in [3.05, 3.63) is 28.8 Å². The zero-order chi connectivity index (χ0) is 12.6. The maximum Gasteiger partial charge on any atom is 0.314 e. The van der Waals surface area contributed by atoms with Crippen LogP contribution < -0.4 is 4.90 Å². The standard InChI is InChI=1S/C13H16ClNO2/c1-15(2)11-5-4-9(8-10(11)14)13(12(16)17)6-3-7-13/h4-5,8H,3,6-7H2,1-2H3,(H,16,17). The van der Waals surface area contributed by atoms with Gasteiger partial charge in [-0.3, -0.25) is 4.79 Å². The minimum Gasteiger partial charge on any atom is -0.481 e. The molecule has 0 aromatic heterocycles. The van der Waals surface area contributed by atoms with E-state index in [0.717, 1.165) is 17.7 Å². The third kappa shape index (κ3) is 1.89. The Hall–Kier alpha value is -1.22. The number of nitrogens with zero attached hydrogens (tertiary/aromatic N) is 1. The van der Waals surface area contributed by atoms with Gasteiger partial charge in [-0.15, -0.1) is 0 Å². The second-order valence-corrected chi connectivity index (χ2v) is 5.21. The van der Waals surface area contributed by atoms with Gasteiger partial charge in [0.2, 0.25) is 0 Å². The molecular weight excluding hydrogens is 238 g/mol. The van der Waals surface area contributed by atoms with E-state index < -0.39 is 11.4 Å². The summed E-state index contributed by atoms with van der Waals surface area (Å²) in [6.07, 6.45) is 2.39. The van der Waals surface area contributed by atoms with Crippen LogP contribution in [0.15, 0.2) is 18.2 Å². The smallest absolute Gasteiger partial charge is 0.314 e. The molecule has 0 heterocycles. The lowest BCUT2D eigenvalue weighted by molar-refractivity contribution is -0.147. The predicted molar refractivity (Wildman–Crippen MR) is 68.9 cm³/mol. The minimum atomic E-state index is -0.739. The molecule has 4 heteroatoms. The molecule has 1 fully saturated rings. The molecule has 0 aliphatic heterocycles. The zero-order valence-electron chi connectivity index (χ0n) is 10.0. The second-order valence-electron chi connectivity index (χ2n) is 4.80. The lowest BCUT2D eigenvalue weighted by atomic mass is 9.64. The number of hydrogen-bond acceptors (Lipinski definition) is 2. The highest BCUT2D eigenvalue weighted by molar-refractivity contribution is 6.33. The van der Waals surface area contributed by atoms with Crippen molar-refractivity contribution in [2.75, 3.05) is 19.0 Å².